The summed E-state index contributed by atoms with van der Waals surface area (Å²) < 4.78 is 23.9. The van der Waals surface area contributed by atoms with Gasteiger partial charge in [-0.2, -0.15) is 0 Å². The Hall–Kier alpha value is -2.79. The van der Waals surface area contributed by atoms with Crippen molar-refractivity contribution >= 4 is 40.0 Å². The number of sulfone groups is 1. The van der Waals surface area contributed by atoms with Crippen LogP contribution in [0.3, 0.4) is 0 Å². The van der Waals surface area contributed by atoms with Gasteiger partial charge in [0.25, 0.3) is 5.91 Å². The summed E-state index contributed by atoms with van der Waals surface area (Å²) >= 11 is 0. The van der Waals surface area contributed by atoms with Crippen molar-refractivity contribution in [3.8, 4) is 0 Å². The molecule has 3 heterocycles. The van der Waals surface area contributed by atoms with Gasteiger partial charge in [0, 0.05) is 56.7 Å². The molecule has 2 aromatic carbocycles. The molecule has 3 saturated heterocycles. The summed E-state index contributed by atoms with van der Waals surface area (Å²) in [6.07, 6.45) is 6.25. The predicted octanol–water partition coefficient (Wildman–Crippen LogP) is 4.90. The second kappa shape index (κ2) is 14.4. The van der Waals surface area contributed by atoms with Crippen molar-refractivity contribution in [1.29, 1.82) is 0 Å². The van der Waals surface area contributed by atoms with Crippen molar-refractivity contribution in [2.75, 3.05) is 39.0 Å². The van der Waals surface area contributed by atoms with Crippen LogP contribution in [-0.2, 0) is 26.0 Å². The van der Waals surface area contributed by atoms with Gasteiger partial charge in [0.2, 0.25) is 0 Å². The predicted molar refractivity (Wildman–Crippen MR) is 184 cm³/mol. The maximum Gasteiger partial charge on any atom is 0.327 e. The number of piperidine rings is 1. The normalized spacial score (nSPS) is 24.3. The van der Waals surface area contributed by atoms with Crippen LogP contribution in [0, 0.1) is 17.8 Å². The molecule has 1 N–H and O–H groups in total. The van der Waals surface area contributed by atoms with Gasteiger partial charge in [-0.1, -0.05) is 69.2 Å². The van der Waals surface area contributed by atoms with Crippen LogP contribution in [0.25, 0.3) is 0 Å². The summed E-state index contributed by atoms with van der Waals surface area (Å²) in [4.78, 5) is 48.3. The molecule has 4 aliphatic rings. The zero-order valence-electron chi connectivity index (χ0n) is 27.8. The molecular weight excluding hydrogens is 636 g/mol. The maximum absolute atomic E-state index is 14.3. The largest absolute Gasteiger partial charge is 0.327 e. The second-order valence-corrected chi connectivity index (χ2v) is 16.3. The molecule has 3 amide bonds. The van der Waals surface area contributed by atoms with E-state index in [1.54, 1.807) is 17.0 Å². The number of urea groups is 1. The lowest BCUT2D eigenvalue weighted by molar-refractivity contribution is -0.138. The van der Waals surface area contributed by atoms with E-state index >= 15 is 0 Å². The van der Waals surface area contributed by atoms with Gasteiger partial charge in [-0.15, -0.1) is 12.4 Å². The number of hydrogen-bond acceptors (Lipinski definition) is 7. The van der Waals surface area contributed by atoms with Gasteiger partial charge < -0.3 is 10.2 Å². The summed E-state index contributed by atoms with van der Waals surface area (Å²) in [5.74, 6) is 0.819. The monoisotopic (exact) mass is 684 g/mol. The molecule has 4 fully saturated rings. The zero-order valence-corrected chi connectivity index (χ0v) is 29.4. The van der Waals surface area contributed by atoms with Crippen LogP contribution in [0.2, 0.25) is 0 Å². The molecule has 1 saturated carbocycles. The third-order valence-electron chi connectivity index (χ3n) is 10.8. The molecule has 256 valence electrons. The number of carbonyl (C=O) groups is 3. The van der Waals surface area contributed by atoms with Crippen LogP contribution in [0.4, 0.5) is 4.79 Å². The van der Waals surface area contributed by atoms with Gasteiger partial charge in [0.1, 0.15) is 5.54 Å². The maximum atomic E-state index is 14.3. The number of benzene rings is 2. The standard InChI is InChI=1S/C36H48N4O5S.ClH/c1-25(2)23-40-35(43)39(24-26-13-15-29(16-14-26)46(3,44)45)34(42)36(40)17-19-38(20-18-36)32(33(41)28-11-7-8-12-28)31-22-37-21-30(31)27-9-5-4-6-10-27;/h4-6,9-10,13-16,25,28,30-32,37H,7-8,11-12,17-24H2,1-3H3;1H. The Balaban J connectivity index is 0.00000433. The van der Waals surface area contributed by atoms with E-state index in [0.29, 0.717) is 43.8 Å². The second-order valence-electron chi connectivity index (χ2n) is 14.3. The molecule has 3 unspecified atom stereocenters. The molecule has 6 rings (SSSR count). The molecule has 0 bridgehead atoms. The Morgan fingerprint density at radius 1 is 0.957 bits per heavy atom. The molecule has 0 radical (unpaired) electrons. The van der Waals surface area contributed by atoms with E-state index in [1.807, 2.05) is 6.07 Å². The Morgan fingerprint density at radius 3 is 2.19 bits per heavy atom. The summed E-state index contributed by atoms with van der Waals surface area (Å²) in [6, 6.07) is 16.4. The van der Waals surface area contributed by atoms with E-state index < -0.39 is 15.4 Å². The van der Waals surface area contributed by atoms with Crippen LogP contribution in [0.1, 0.15) is 69.4 Å². The first-order valence-corrected chi connectivity index (χ1v) is 18.8. The average molecular weight is 685 g/mol. The molecule has 9 nitrogen and oxygen atoms in total. The SMILES string of the molecule is CC(C)CN1C(=O)N(Cc2ccc(S(C)(=O)=O)cc2)C(=O)C12CCN(C(C(=O)C1CCCC1)C1CNCC1c1ccccc1)CC2.Cl. The third-order valence-corrected chi connectivity index (χ3v) is 12.0. The molecular formula is C36H49ClN4O5S. The lowest BCUT2D eigenvalue weighted by atomic mass is 9.77. The number of hydrogen-bond donors (Lipinski definition) is 1. The quantitative estimate of drug-likeness (QED) is 0.355. The molecule has 0 aromatic heterocycles. The van der Waals surface area contributed by atoms with Gasteiger partial charge in [-0.05, 0) is 54.9 Å². The van der Waals surface area contributed by atoms with Gasteiger partial charge in [-0.3, -0.25) is 19.4 Å². The zero-order chi connectivity index (χ0) is 32.6. The first kappa shape index (κ1) is 35.5. The Morgan fingerprint density at radius 2 is 1.60 bits per heavy atom. The molecule has 1 aliphatic carbocycles. The van der Waals surface area contributed by atoms with Crippen LogP contribution in [0.15, 0.2) is 59.5 Å². The lowest BCUT2D eigenvalue weighted by Gasteiger charge is -2.46. The highest BCUT2D eigenvalue weighted by Crippen LogP contribution is 2.42. The van der Waals surface area contributed by atoms with E-state index in [0.717, 1.165) is 45.0 Å². The molecule has 3 atom stereocenters. The van der Waals surface area contributed by atoms with Gasteiger partial charge in [-0.25, -0.2) is 13.2 Å². The van der Waals surface area contributed by atoms with Crippen LogP contribution in [0.5, 0.6) is 0 Å². The minimum atomic E-state index is -3.35. The Bertz CT molecular complexity index is 1540. The Labute approximate surface area is 285 Å². The van der Waals surface area contributed by atoms with E-state index in [9.17, 15) is 22.8 Å². The molecule has 47 heavy (non-hydrogen) atoms. The highest BCUT2D eigenvalue weighted by molar-refractivity contribution is 7.90. The molecule has 3 aliphatic heterocycles. The number of rotatable bonds is 10. The molecule has 1 spiro atoms. The number of nitrogens with one attached hydrogen (secondary N) is 1. The minimum absolute atomic E-state index is 0. The van der Waals surface area contributed by atoms with Crippen LogP contribution >= 0.6 is 12.4 Å². The highest BCUT2D eigenvalue weighted by atomic mass is 35.5. The minimum Gasteiger partial charge on any atom is -0.316 e. The van der Waals surface area contributed by atoms with Crippen molar-refractivity contribution in [3.05, 3.63) is 65.7 Å². The van der Waals surface area contributed by atoms with Crippen molar-refractivity contribution < 1.29 is 22.8 Å². The lowest BCUT2D eigenvalue weighted by Crippen LogP contribution is -2.61. The smallest absolute Gasteiger partial charge is 0.316 e. The fraction of sp³-hybridized carbons (Fsp3) is 0.583. The number of amides is 3. The number of likely N-dealkylation sites (tertiary alicyclic amines) is 1. The molecule has 11 heteroatoms. The summed E-state index contributed by atoms with van der Waals surface area (Å²) in [5, 5.41) is 3.59. The van der Waals surface area contributed by atoms with E-state index in [-0.39, 0.29) is 65.5 Å². The molecule has 2 aromatic rings. The van der Waals surface area contributed by atoms with Gasteiger partial charge in [0.05, 0.1) is 17.5 Å². The van der Waals surface area contributed by atoms with E-state index in [4.69, 9.17) is 0 Å². The number of imide groups is 1. The highest BCUT2D eigenvalue weighted by Gasteiger charge is 2.59. The summed E-state index contributed by atoms with van der Waals surface area (Å²) in [6.45, 7) is 7.46. The first-order valence-electron chi connectivity index (χ1n) is 17.0. The fourth-order valence-electron chi connectivity index (χ4n) is 8.43. The van der Waals surface area contributed by atoms with Gasteiger partial charge >= 0.3 is 6.03 Å². The third kappa shape index (κ3) is 7.02. The van der Waals surface area contributed by atoms with Gasteiger partial charge in [0.15, 0.2) is 15.6 Å². The van der Waals surface area contributed by atoms with Crippen molar-refractivity contribution in [3.63, 3.8) is 0 Å². The number of nitrogens with zero attached hydrogens (tertiary/aromatic N) is 3. The van der Waals surface area contributed by atoms with Crippen molar-refractivity contribution in [2.45, 2.75) is 81.3 Å². The fourth-order valence-corrected chi connectivity index (χ4v) is 9.06. The van der Waals surface area contributed by atoms with Crippen molar-refractivity contribution in [2.24, 2.45) is 17.8 Å². The van der Waals surface area contributed by atoms with Crippen LogP contribution in [-0.4, -0.2) is 91.4 Å². The van der Waals surface area contributed by atoms with Crippen molar-refractivity contribution in [1.82, 2.24) is 20.0 Å². The number of carbonyl (C=O) groups excluding carboxylic acids is 3. The number of halogens is 1. The first-order chi connectivity index (χ1) is 22.0. The summed E-state index contributed by atoms with van der Waals surface area (Å²) in [5.41, 5.74) is 1.02. The topological polar surface area (TPSA) is 107 Å². The number of Topliss-reactive ketones (excluding diaryl/α,β-unsaturated/α-hetero) is 1. The average Bonchev–Trinajstić information content (AvgIpc) is 3.79. The van der Waals surface area contributed by atoms with E-state index in [2.05, 4.69) is 48.3 Å². The Kier molecular flexibility index (Phi) is 10.9. The van der Waals surface area contributed by atoms with E-state index in [1.165, 1.54) is 22.6 Å². The van der Waals surface area contributed by atoms with Crippen LogP contribution < -0.4 is 5.32 Å². The number of ketones is 1. The summed E-state index contributed by atoms with van der Waals surface area (Å²) in [7, 11) is -3.35.